The first-order valence-electron chi connectivity index (χ1n) is 9.33. The minimum absolute atomic E-state index is 0.111. The van der Waals surface area contributed by atoms with E-state index in [2.05, 4.69) is 6.07 Å². The van der Waals surface area contributed by atoms with Gasteiger partial charge in [-0.1, -0.05) is 29.3 Å². The molecule has 0 N–H and O–H groups in total. The summed E-state index contributed by atoms with van der Waals surface area (Å²) in [5.74, 6) is 1.68. The number of hydrogen-bond donors (Lipinski definition) is 0. The van der Waals surface area contributed by atoms with E-state index in [1.165, 1.54) is 0 Å². The number of likely N-dealkylation sites (tertiary alicyclic amines) is 1. The third kappa shape index (κ3) is 4.37. The maximum Gasteiger partial charge on any atom is 0.253 e. The molecule has 0 bridgehead atoms. The van der Waals surface area contributed by atoms with Crippen LogP contribution in [0, 0.1) is 13.8 Å². The van der Waals surface area contributed by atoms with Crippen LogP contribution < -0.4 is 9.47 Å². The van der Waals surface area contributed by atoms with E-state index in [0.717, 1.165) is 41.0 Å². The van der Waals surface area contributed by atoms with E-state index in [1.807, 2.05) is 62.1 Å². The molecule has 1 fully saturated rings. The Morgan fingerprint density at radius 1 is 1.04 bits per heavy atom. The summed E-state index contributed by atoms with van der Waals surface area (Å²) in [7, 11) is 0. The molecule has 1 aliphatic rings. The number of rotatable bonds is 5. The zero-order valence-corrected chi connectivity index (χ0v) is 15.8. The van der Waals surface area contributed by atoms with Gasteiger partial charge in [-0.2, -0.15) is 0 Å². The lowest BCUT2D eigenvalue weighted by atomic mass is 10.0. The summed E-state index contributed by atoms with van der Waals surface area (Å²) in [6, 6.07) is 13.8. The van der Waals surface area contributed by atoms with Gasteiger partial charge in [0.15, 0.2) is 11.5 Å². The van der Waals surface area contributed by atoms with Gasteiger partial charge in [0.25, 0.3) is 5.91 Å². The number of carbonyl (C=O) groups excluding carboxylic acids is 1. The van der Waals surface area contributed by atoms with E-state index < -0.39 is 0 Å². The number of amides is 1. The molecule has 3 rings (SSSR count). The highest BCUT2D eigenvalue weighted by molar-refractivity contribution is 5.94. The Kier molecular flexibility index (Phi) is 5.82. The smallest absolute Gasteiger partial charge is 0.253 e. The lowest BCUT2D eigenvalue weighted by Gasteiger charge is -2.32. The van der Waals surface area contributed by atoms with Crippen molar-refractivity contribution in [3.63, 3.8) is 0 Å². The van der Waals surface area contributed by atoms with Crippen LogP contribution in [0.25, 0.3) is 0 Å². The first-order chi connectivity index (χ1) is 12.6. The van der Waals surface area contributed by atoms with Gasteiger partial charge in [0.1, 0.15) is 6.10 Å². The zero-order chi connectivity index (χ0) is 18.5. The number of piperidine rings is 1. The van der Waals surface area contributed by atoms with Gasteiger partial charge in [0.05, 0.1) is 6.61 Å². The fourth-order valence-corrected chi connectivity index (χ4v) is 3.46. The lowest BCUT2D eigenvalue weighted by molar-refractivity contribution is 0.0589. The largest absolute Gasteiger partial charge is 0.490 e. The Labute approximate surface area is 155 Å². The molecule has 0 atom stereocenters. The molecule has 0 unspecified atom stereocenters. The molecule has 1 heterocycles. The number of hydrogen-bond acceptors (Lipinski definition) is 3. The van der Waals surface area contributed by atoms with Crippen LogP contribution >= 0.6 is 0 Å². The molecule has 1 aliphatic heterocycles. The van der Waals surface area contributed by atoms with E-state index in [9.17, 15) is 4.79 Å². The second-order valence-electron chi connectivity index (χ2n) is 6.87. The van der Waals surface area contributed by atoms with Crippen LogP contribution in [0.5, 0.6) is 11.5 Å². The summed E-state index contributed by atoms with van der Waals surface area (Å²) < 4.78 is 11.8. The summed E-state index contributed by atoms with van der Waals surface area (Å²) in [5, 5.41) is 0. The normalized spacial score (nSPS) is 15.0. The molecule has 0 spiro atoms. The predicted molar refractivity (Wildman–Crippen MR) is 103 cm³/mol. The van der Waals surface area contributed by atoms with Gasteiger partial charge in [-0.3, -0.25) is 4.79 Å². The van der Waals surface area contributed by atoms with Crippen LogP contribution in [0.1, 0.15) is 41.3 Å². The Balaban J connectivity index is 1.60. The second-order valence-corrected chi connectivity index (χ2v) is 6.87. The maximum atomic E-state index is 12.8. The molecule has 26 heavy (non-hydrogen) atoms. The van der Waals surface area contributed by atoms with E-state index in [1.54, 1.807) is 0 Å². The highest BCUT2D eigenvalue weighted by Crippen LogP contribution is 2.29. The summed E-state index contributed by atoms with van der Waals surface area (Å²) >= 11 is 0. The molecule has 4 heteroatoms. The molecule has 1 amide bonds. The van der Waals surface area contributed by atoms with Crippen LogP contribution in [-0.2, 0) is 0 Å². The number of nitrogens with zero attached hydrogens (tertiary/aromatic N) is 1. The van der Waals surface area contributed by atoms with Crippen molar-refractivity contribution in [2.24, 2.45) is 0 Å². The van der Waals surface area contributed by atoms with Gasteiger partial charge in [-0.25, -0.2) is 0 Å². The number of ether oxygens (including phenoxy) is 2. The molecule has 138 valence electrons. The van der Waals surface area contributed by atoms with Gasteiger partial charge in [0, 0.05) is 31.5 Å². The lowest BCUT2D eigenvalue weighted by Crippen LogP contribution is -2.41. The number of para-hydroxylation sites is 2. The molecule has 2 aromatic rings. The topological polar surface area (TPSA) is 38.8 Å². The van der Waals surface area contributed by atoms with Gasteiger partial charge in [-0.15, -0.1) is 0 Å². The van der Waals surface area contributed by atoms with Crippen molar-refractivity contribution in [3.05, 3.63) is 59.2 Å². The Morgan fingerprint density at radius 3 is 2.27 bits per heavy atom. The molecule has 0 aliphatic carbocycles. The zero-order valence-electron chi connectivity index (χ0n) is 15.8. The first kappa shape index (κ1) is 18.3. The average molecular weight is 353 g/mol. The van der Waals surface area contributed by atoms with Gasteiger partial charge >= 0.3 is 0 Å². The standard InChI is InChI=1S/C22H27NO3/c1-4-25-20-7-5-6-8-21(20)26-19-9-11-23(12-10-19)22(24)18-14-16(2)13-17(3)15-18/h5-8,13-15,19H,4,9-12H2,1-3H3. The van der Waals surface area contributed by atoms with Crippen molar-refractivity contribution >= 4 is 5.91 Å². The third-order valence-corrected chi connectivity index (χ3v) is 4.64. The van der Waals surface area contributed by atoms with Crippen LogP contribution in [0.4, 0.5) is 0 Å². The maximum absolute atomic E-state index is 12.8. The van der Waals surface area contributed by atoms with Crippen LogP contribution in [0.3, 0.4) is 0 Å². The van der Waals surface area contributed by atoms with Gasteiger partial charge in [0.2, 0.25) is 0 Å². The van der Waals surface area contributed by atoms with Crippen LogP contribution in [-0.4, -0.2) is 36.6 Å². The number of carbonyl (C=O) groups is 1. The fourth-order valence-electron chi connectivity index (χ4n) is 3.46. The minimum atomic E-state index is 0.111. The average Bonchev–Trinajstić information content (AvgIpc) is 2.63. The Morgan fingerprint density at radius 2 is 1.65 bits per heavy atom. The van der Waals surface area contributed by atoms with Crippen LogP contribution in [0.2, 0.25) is 0 Å². The second kappa shape index (κ2) is 8.26. The van der Waals surface area contributed by atoms with E-state index in [-0.39, 0.29) is 12.0 Å². The third-order valence-electron chi connectivity index (χ3n) is 4.64. The van der Waals surface area contributed by atoms with Crippen molar-refractivity contribution in [1.82, 2.24) is 4.90 Å². The van der Waals surface area contributed by atoms with Crippen LogP contribution in [0.15, 0.2) is 42.5 Å². The minimum Gasteiger partial charge on any atom is -0.490 e. The molecule has 0 saturated carbocycles. The van der Waals surface area contributed by atoms with E-state index in [0.29, 0.717) is 19.7 Å². The predicted octanol–water partition coefficient (Wildman–Crippen LogP) is 4.39. The van der Waals surface area contributed by atoms with E-state index in [4.69, 9.17) is 9.47 Å². The van der Waals surface area contributed by atoms with Crippen molar-refractivity contribution in [2.75, 3.05) is 19.7 Å². The summed E-state index contributed by atoms with van der Waals surface area (Å²) in [6.07, 6.45) is 1.77. The Hall–Kier alpha value is -2.49. The highest BCUT2D eigenvalue weighted by atomic mass is 16.5. The molecule has 0 aromatic heterocycles. The molecule has 0 radical (unpaired) electrons. The van der Waals surface area contributed by atoms with Gasteiger partial charge in [-0.05, 0) is 45.0 Å². The fraction of sp³-hybridized carbons (Fsp3) is 0.409. The quantitative estimate of drug-likeness (QED) is 0.800. The van der Waals surface area contributed by atoms with Crippen molar-refractivity contribution in [2.45, 2.75) is 39.7 Å². The van der Waals surface area contributed by atoms with Crippen molar-refractivity contribution in [1.29, 1.82) is 0 Å². The summed E-state index contributed by atoms with van der Waals surface area (Å²) in [5.41, 5.74) is 3.03. The SMILES string of the molecule is CCOc1ccccc1OC1CCN(C(=O)c2cc(C)cc(C)c2)CC1. The highest BCUT2D eigenvalue weighted by Gasteiger charge is 2.25. The monoisotopic (exact) mass is 353 g/mol. The molecular formula is C22H27NO3. The van der Waals surface area contributed by atoms with Crippen molar-refractivity contribution < 1.29 is 14.3 Å². The number of benzene rings is 2. The molecule has 2 aromatic carbocycles. The van der Waals surface area contributed by atoms with Gasteiger partial charge < -0.3 is 14.4 Å². The summed E-state index contributed by atoms with van der Waals surface area (Å²) in [6.45, 7) is 8.07. The Bertz CT molecular complexity index is 743. The van der Waals surface area contributed by atoms with E-state index >= 15 is 0 Å². The number of aryl methyl sites for hydroxylation is 2. The molecule has 4 nitrogen and oxygen atoms in total. The first-order valence-corrected chi connectivity index (χ1v) is 9.33. The summed E-state index contributed by atoms with van der Waals surface area (Å²) in [4.78, 5) is 14.7. The van der Waals surface area contributed by atoms with Crippen molar-refractivity contribution in [3.8, 4) is 11.5 Å². The molecular weight excluding hydrogens is 326 g/mol. The molecule has 1 saturated heterocycles.